The summed E-state index contributed by atoms with van der Waals surface area (Å²) in [4.78, 5) is 4.11. The van der Waals surface area contributed by atoms with Crippen molar-refractivity contribution in [3.8, 4) is 5.75 Å². The molecule has 3 rings (SSSR count). The average molecular weight is 360 g/mol. The normalized spacial score (nSPS) is 11.6. The smallest absolute Gasteiger partial charge is 0.191 e. The van der Waals surface area contributed by atoms with Gasteiger partial charge in [-0.25, -0.2) is 8.78 Å². The van der Waals surface area contributed by atoms with Gasteiger partial charge in [0.05, 0.1) is 13.1 Å². The van der Waals surface area contributed by atoms with Gasteiger partial charge < -0.3 is 15.4 Å². The first-order valence-corrected chi connectivity index (χ1v) is 7.98. The molecule has 7 nitrogen and oxygen atoms in total. The minimum absolute atomic E-state index is 0.264. The predicted molar refractivity (Wildman–Crippen MR) is 93.0 cm³/mol. The van der Waals surface area contributed by atoms with Gasteiger partial charge >= 0.3 is 0 Å². The van der Waals surface area contributed by atoms with Crippen molar-refractivity contribution in [2.75, 3.05) is 20.2 Å². The molecular weight excluding hydrogens is 342 g/mol. The van der Waals surface area contributed by atoms with E-state index < -0.39 is 11.6 Å². The lowest BCUT2D eigenvalue weighted by molar-refractivity contribution is 0.318. The van der Waals surface area contributed by atoms with Crippen LogP contribution in [-0.2, 0) is 6.54 Å². The minimum Gasteiger partial charge on any atom is -0.492 e. The van der Waals surface area contributed by atoms with E-state index in [0.717, 1.165) is 23.6 Å². The van der Waals surface area contributed by atoms with E-state index in [1.807, 2.05) is 28.8 Å². The van der Waals surface area contributed by atoms with Crippen LogP contribution in [0.2, 0.25) is 0 Å². The monoisotopic (exact) mass is 360 g/mol. The van der Waals surface area contributed by atoms with E-state index in [1.165, 1.54) is 6.07 Å². The maximum atomic E-state index is 13.1. The van der Waals surface area contributed by atoms with Crippen LogP contribution in [0.25, 0.3) is 5.65 Å². The summed E-state index contributed by atoms with van der Waals surface area (Å²) in [5, 5.41) is 14.4. The Morgan fingerprint density at radius 1 is 1.15 bits per heavy atom. The van der Waals surface area contributed by atoms with Gasteiger partial charge in [-0.3, -0.25) is 9.39 Å². The number of fused-ring (bicyclic) bond motifs is 1. The Labute approximate surface area is 148 Å². The van der Waals surface area contributed by atoms with E-state index in [-0.39, 0.29) is 12.4 Å². The molecule has 0 bridgehead atoms. The van der Waals surface area contributed by atoms with Crippen LogP contribution in [0, 0.1) is 11.6 Å². The molecule has 2 N–H and O–H groups in total. The number of hydrogen-bond donors (Lipinski definition) is 2. The van der Waals surface area contributed by atoms with Crippen LogP contribution in [0.1, 0.15) is 5.82 Å². The van der Waals surface area contributed by atoms with E-state index >= 15 is 0 Å². The summed E-state index contributed by atoms with van der Waals surface area (Å²) in [5.41, 5.74) is 0.771. The largest absolute Gasteiger partial charge is 0.492 e. The summed E-state index contributed by atoms with van der Waals surface area (Å²) in [7, 11) is 1.65. The van der Waals surface area contributed by atoms with Crippen molar-refractivity contribution in [2.45, 2.75) is 6.54 Å². The number of pyridine rings is 1. The van der Waals surface area contributed by atoms with Crippen molar-refractivity contribution in [3.05, 3.63) is 60.1 Å². The quantitative estimate of drug-likeness (QED) is 0.398. The van der Waals surface area contributed by atoms with Crippen LogP contribution in [-0.4, -0.2) is 40.8 Å². The van der Waals surface area contributed by atoms with Gasteiger partial charge in [0.15, 0.2) is 29.1 Å². The van der Waals surface area contributed by atoms with Gasteiger partial charge in [0.1, 0.15) is 12.4 Å². The lowest BCUT2D eigenvalue weighted by atomic mass is 10.3. The molecule has 3 aromatic rings. The zero-order chi connectivity index (χ0) is 18.4. The third-order valence-corrected chi connectivity index (χ3v) is 3.58. The Kier molecular flexibility index (Phi) is 5.57. The number of nitrogens with one attached hydrogen (secondary N) is 2. The Morgan fingerprint density at radius 2 is 2.04 bits per heavy atom. The molecule has 0 radical (unpaired) electrons. The van der Waals surface area contributed by atoms with Crippen molar-refractivity contribution in [1.82, 2.24) is 25.2 Å². The highest BCUT2D eigenvalue weighted by Gasteiger charge is 2.06. The molecule has 0 aliphatic heterocycles. The highest BCUT2D eigenvalue weighted by atomic mass is 19.2. The Hall–Kier alpha value is -3.23. The first-order valence-electron chi connectivity index (χ1n) is 7.98. The summed E-state index contributed by atoms with van der Waals surface area (Å²) in [5.74, 6) is -0.258. The number of rotatable bonds is 6. The maximum absolute atomic E-state index is 13.1. The predicted octanol–water partition coefficient (Wildman–Crippen LogP) is 1.75. The molecule has 26 heavy (non-hydrogen) atoms. The van der Waals surface area contributed by atoms with Crippen LogP contribution in [0.5, 0.6) is 5.75 Å². The van der Waals surface area contributed by atoms with Gasteiger partial charge in [-0.05, 0) is 24.3 Å². The van der Waals surface area contributed by atoms with Crippen molar-refractivity contribution >= 4 is 11.6 Å². The topological polar surface area (TPSA) is 75.8 Å². The molecule has 0 saturated heterocycles. The second kappa shape index (κ2) is 8.24. The number of aromatic nitrogens is 3. The molecule has 0 unspecified atom stereocenters. The molecular formula is C17H18F2N6O. The standard InChI is InChI=1S/C17H18F2N6O/c1-20-17(21-7-9-26-12-5-6-13(18)14(19)10-12)22-11-16-24-23-15-4-2-3-8-25(15)16/h2-6,8,10H,7,9,11H2,1H3,(H2,20,21,22). The molecule has 2 heterocycles. The fourth-order valence-corrected chi connectivity index (χ4v) is 2.30. The van der Waals surface area contributed by atoms with Gasteiger partial charge in [-0.1, -0.05) is 6.07 Å². The summed E-state index contributed by atoms with van der Waals surface area (Å²) in [6.45, 7) is 1.13. The van der Waals surface area contributed by atoms with E-state index in [0.29, 0.717) is 19.0 Å². The number of halogens is 2. The first-order chi connectivity index (χ1) is 12.7. The Bertz CT molecular complexity index is 911. The van der Waals surface area contributed by atoms with Crippen molar-refractivity contribution < 1.29 is 13.5 Å². The lowest BCUT2D eigenvalue weighted by Crippen LogP contribution is -2.39. The number of benzene rings is 1. The maximum Gasteiger partial charge on any atom is 0.191 e. The minimum atomic E-state index is -0.937. The molecule has 1 aromatic carbocycles. The number of hydrogen-bond acceptors (Lipinski definition) is 4. The average Bonchev–Trinajstić information content (AvgIpc) is 3.07. The number of nitrogens with zero attached hydrogens (tertiary/aromatic N) is 4. The molecule has 2 aromatic heterocycles. The van der Waals surface area contributed by atoms with Gasteiger partial charge in [0, 0.05) is 19.3 Å². The van der Waals surface area contributed by atoms with Gasteiger partial charge in [-0.2, -0.15) is 0 Å². The fourth-order valence-electron chi connectivity index (χ4n) is 2.30. The van der Waals surface area contributed by atoms with E-state index in [1.54, 1.807) is 7.05 Å². The molecule has 0 atom stereocenters. The third kappa shape index (κ3) is 4.24. The van der Waals surface area contributed by atoms with Crippen molar-refractivity contribution in [3.63, 3.8) is 0 Å². The van der Waals surface area contributed by atoms with Crippen LogP contribution < -0.4 is 15.4 Å². The molecule has 0 aliphatic rings. The Morgan fingerprint density at radius 3 is 2.85 bits per heavy atom. The molecule has 0 saturated carbocycles. The molecule has 0 aliphatic carbocycles. The summed E-state index contributed by atoms with van der Waals surface area (Å²) >= 11 is 0. The van der Waals surface area contributed by atoms with Gasteiger partial charge in [0.2, 0.25) is 0 Å². The van der Waals surface area contributed by atoms with Gasteiger partial charge in [0.25, 0.3) is 0 Å². The molecule has 0 spiro atoms. The van der Waals surface area contributed by atoms with Crippen LogP contribution in [0.3, 0.4) is 0 Å². The molecule has 136 valence electrons. The van der Waals surface area contributed by atoms with Crippen LogP contribution in [0.15, 0.2) is 47.6 Å². The van der Waals surface area contributed by atoms with Gasteiger partial charge in [-0.15, -0.1) is 10.2 Å². The number of guanidine groups is 1. The van der Waals surface area contributed by atoms with E-state index in [4.69, 9.17) is 4.74 Å². The second-order valence-electron chi connectivity index (χ2n) is 5.32. The molecule has 0 amide bonds. The summed E-state index contributed by atoms with van der Waals surface area (Å²) in [6.07, 6.45) is 1.89. The van der Waals surface area contributed by atoms with E-state index in [2.05, 4.69) is 25.8 Å². The second-order valence-corrected chi connectivity index (χ2v) is 5.32. The zero-order valence-electron chi connectivity index (χ0n) is 14.1. The summed E-state index contributed by atoms with van der Waals surface area (Å²) in [6, 6.07) is 9.10. The molecule has 0 fully saturated rings. The zero-order valence-corrected chi connectivity index (χ0v) is 14.1. The first kappa shape index (κ1) is 17.6. The Balaban J connectivity index is 1.45. The van der Waals surface area contributed by atoms with Crippen molar-refractivity contribution in [1.29, 1.82) is 0 Å². The highest BCUT2D eigenvalue weighted by Crippen LogP contribution is 2.14. The number of ether oxygens (including phenoxy) is 1. The van der Waals surface area contributed by atoms with Crippen LogP contribution in [0.4, 0.5) is 8.78 Å². The van der Waals surface area contributed by atoms with E-state index in [9.17, 15) is 8.78 Å². The van der Waals surface area contributed by atoms with Crippen LogP contribution >= 0.6 is 0 Å². The number of aliphatic imine (C=N–C) groups is 1. The lowest BCUT2D eigenvalue weighted by Gasteiger charge is -2.12. The molecule has 9 heteroatoms. The third-order valence-electron chi connectivity index (χ3n) is 3.58. The fraction of sp³-hybridized carbons (Fsp3) is 0.235. The summed E-state index contributed by atoms with van der Waals surface area (Å²) < 4.78 is 33.2. The van der Waals surface area contributed by atoms with Crippen molar-refractivity contribution in [2.24, 2.45) is 4.99 Å². The highest BCUT2D eigenvalue weighted by molar-refractivity contribution is 5.79. The SMILES string of the molecule is CN=C(NCCOc1ccc(F)c(F)c1)NCc1nnc2ccccn12.